The number of nitrogens with zero attached hydrogens (tertiary/aromatic N) is 3. The Morgan fingerprint density at radius 1 is 1.11 bits per heavy atom. The van der Waals surface area contributed by atoms with E-state index < -0.39 is 12.7 Å². The van der Waals surface area contributed by atoms with Crippen molar-refractivity contribution in [1.29, 1.82) is 0 Å². The number of amides is 1. The minimum absolute atomic E-state index is 0.329. The summed E-state index contributed by atoms with van der Waals surface area (Å²) < 4.78 is 17.5. The van der Waals surface area contributed by atoms with E-state index in [1.54, 1.807) is 18.1 Å². The monoisotopic (exact) mass is 391 g/mol. The van der Waals surface area contributed by atoms with Gasteiger partial charge in [0.25, 0.3) is 0 Å². The fraction of sp³-hybridized carbons (Fsp3) is 0.700. The quantitative estimate of drug-likeness (QED) is 0.720. The van der Waals surface area contributed by atoms with Crippen molar-refractivity contribution in [2.75, 3.05) is 32.1 Å². The second-order valence-corrected chi connectivity index (χ2v) is 9.36. The summed E-state index contributed by atoms with van der Waals surface area (Å²) in [5, 5.41) is 0. The number of anilines is 1. The lowest BCUT2D eigenvalue weighted by Crippen LogP contribution is -2.41. The number of hydrogen-bond donors (Lipinski definition) is 0. The molecule has 1 aromatic heterocycles. The van der Waals surface area contributed by atoms with Crippen LogP contribution in [0.4, 0.5) is 10.6 Å². The Balaban J connectivity index is 1.92. The van der Waals surface area contributed by atoms with Crippen LogP contribution in [0.5, 0.6) is 0 Å². The molecule has 1 aliphatic heterocycles. The Morgan fingerprint density at radius 3 is 2.14 bits per heavy atom. The van der Waals surface area contributed by atoms with Gasteiger partial charge >= 0.3 is 13.2 Å². The van der Waals surface area contributed by atoms with Crippen LogP contribution in [0.2, 0.25) is 0 Å². The van der Waals surface area contributed by atoms with E-state index in [1.165, 1.54) is 0 Å². The fourth-order valence-corrected chi connectivity index (χ4v) is 2.59. The molecule has 1 fully saturated rings. The van der Waals surface area contributed by atoms with E-state index in [0.717, 1.165) is 11.3 Å². The van der Waals surface area contributed by atoms with Gasteiger partial charge in [0.15, 0.2) is 0 Å². The Kier molecular flexibility index (Phi) is 6.36. The molecule has 1 aromatic rings. The van der Waals surface area contributed by atoms with Crippen molar-refractivity contribution in [3.8, 4) is 0 Å². The summed E-state index contributed by atoms with van der Waals surface area (Å²) in [6, 6.07) is 3.91. The third-order valence-corrected chi connectivity index (χ3v) is 5.16. The summed E-state index contributed by atoms with van der Waals surface area (Å²) in [5.74, 6) is 0.817. The van der Waals surface area contributed by atoms with Gasteiger partial charge in [-0.25, -0.2) is 9.78 Å². The summed E-state index contributed by atoms with van der Waals surface area (Å²) in [5.41, 5.74) is -0.359. The predicted octanol–water partition coefficient (Wildman–Crippen LogP) is 2.68. The summed E-state index contributed by atoms with van der Waals surface area (Å²) in [4.78, 5) is 20.1. The van der Waals surface area contributed by atoms with E-state index >= 15 is 0 Å². The Labute approximate surface area is 169 Å². The molecule has 0 aliphatic carbocycles. The molecule has 0 radical (unpaired) electrons. The highest BCUT2D eigenvalue weighted by atomic mass is 16.7. The zero-order valence-electron chi connectivity index (χ0n) is 18.7. The van der Waals surface area contributed by atoms with E-state index in [1.807, 2.05) is 72.5 Å². The molecule has 2 rings (SSSR count). The third-order valence-electron chi connectivity index (χ3n) is 5.16. The van der Waals surface area contributed by atoms with Crippen LogP contribution in [0, 0.1) is 0 Å². The minimum Gasteiger partial charge on any atom is -0.444 e. The van der Waals surface area contributed by atoms with Crippen LogP contribution >= 0.6 is 0 Å². The van der Waals surface area contributed by atoms with Crippen LogP contribution in [0.1, 0.15) is 48.5 Å². The lowest BCUT2D eigenvalue weighted by Gasteiger charge is -2.32. The van der Waals surface area contributed by atoms with Crippen molar-refractivity contribution in [3.63, 3.8) is 0 Å². The molecule has 28 heavy (non-hydrogen) atoms. The molecule has 1 saturated heterocycles. The van der Waals surface area contributed by atoms with Gasteiger partial charge in [0, 0.05) is 38.8 Å². The standard InChI is InChI=1S/C20H34BN3O4/c1-18(2,3)26-17(25)24(9)13-12-23(8)16-11-10-15(14-22-16)21-27-19(4,5)20(6,7)28-21/h10-11,14H,12-13H2,1-9H3. The highest BCUT2D eigenvalue weighted by Gasteiger charge is 2.51. The SMILES string of the molecule is CN(CCN(C)c1ccc(B2OC(C)(C)C(C)(C)O2)cn1)C(=O)OC(C)(C)C. The molecule has 1 aliphatic rings. The van der Waals surface area contributed by atoms with E-state index in [9.17, 15) is 4.79 Å². The highest BCUT2D eigenvalue weighted by molar-refractivity contribution is 6.62. The first-order valence-corrected chi connectivity index (χ1v) is 9.69. The summed E-state index contributed by atoms with van der Waals surface area (Å²) in [6.07, 6.45) is 1.45. The largest absolute Gasteiger partial charge is 0.496 e. The molecule has 0 atom stereocenters. The molecule has 0 saturated carbocycles. The maximum Gasteiger partial charge on any atom is 0.496 e. The van der Waals surface area contributed by atoms with Gasteiger partial charge in [0.2, 0.25) is 0 Å². The van der Waals surface area contributed by atoms with E-state index in [0.29, 0.717) is 13.1 Å². The van der Waals surface area contributed by atoms with Gasteiger partial charge in [0.1, 0.15) is 11.4 Å². The smallest absolute Gasteiger partial charge is 0.444 e. The van der Waals surface area contributed by atoms with Crippen molar-refractivity contribution in [2.45, 2.75) is 65.3 Å². The number of carbonyl (C=O) groups excluding carboxylic acids is 1. The van der Waals surface area contributed by atoms with Crippen LogP contribution in [0.15, 0.2) is 18.3 Å². The molecule has 0 bridgehead atoms. The maximum absolute atomic E-state index is 12.0. The second-order valence-electron chi connectivity index (χ2n) is 9.36. The third kappa shape index (κ3) is 5.38. The van der Waals surface area contributed by atoms with Gasteiger partial charge in [-0.15, -0.1) is 0 Å². The fourth-order valence-electron chi connectivity index (χ4n) is 2.59. The number of carbonyl (C=O) groups is 1. The molecule has 8 heteroatoms. The van der Waals surface area contributed by atoms with Crippen LogP contribution < -0.4 is 10.4 Å². The number of ether oxygens (including phenoxy) is 1. The van der Waals surface area contributed by atoms with Crippen molar-refractivity contribution < 1.29 is 18.8 Å². The predicted molar refractivity (Wildman–Crippen MR) is 112 cm³/mol. The first kappa shape index (κ1) is 22.5. The topological polar surface area (TPSA) is 64.1 Å². The van der Waals surface area contributed by atoms with Gasteiger partial charge in [-0.3, -0.25) is 0 Å². The molecule has 1 amide bonds. The highest BCUT2D eigenvalue weighted by Crippen LogP contribution is 2.36. The first-order chi connectivity index (χ1) is 12.7. The Morgan fingerprint density at radius 2 is 1.68 bits per heavy atom. The number of hydrogen-bond acceptors (Lipinski definition) is 6. The number of pyridine rings is 1. The zero-order valence-corrected chi connectivity index (χ0v) is 18.7. The van der Waals surface area contributed by atoms with Crippen LogP contribution in [0.3, 0.4) is 0 Å². The number of likely N-dealkylation sites (N-methyl/N-ethyl adjacent to an activating group) is 2. The molecular weight excluding hydrogens is 357 g/mol. The van der Waals surface area contributed by atoms with Crippen LogP contribution in [-0.4, -0.2) is 67.1 Å². The lowest BCUT2D eigenvalue weighted by atomic mass is 9.80. The normalized spacial score (nSPS) is 18.1. The van der Waals surface area contributed by atoms with Gasteiger partial charge in [-0.1, -0.05) is 6.07 Å². The molecule has 7 nitrogen and oxygen atoms in total. The molecular formula is C20H34BN3O4. The molecule has 0 N–H and O–H groups in total. The van der Waals surface area contributed by atoms with E-state index in [4.69, 9.17) is 14.0 Å². The lowest BCUT2D eigenvalue weighted by molar-refractivity contribution is 0.00578. The zero-order chi connectivity index (χ0) is 21.3. The van der Waals surface area contributed by atoms with Crippen LogP contribution in [0.25, 0.3) is 0 Å². The van der Waals surface area contributed by atoms with Gasteiger partial charge < -0.3 is 23.8 Å². The average Bonchev–Trinajstić information content (AvgIpc) is 2.78. The Bertz CT molecular complexity index is 670. The van der Waals surface area contributed by atoms with Crippen molar-refractivity contribution >= 4 is 24.5 Å². The first-order valence-electron chi connectivity index (χ1n) is 9.69. The Hall–Kier alpha value is -1.80. The van der Waals surface area contributed by atoms with Crippen molar-refractivity contribution in [1.82, 2.24) is 9.88 Å². The molecule has 2 heterocycles. The summed E-state index contributed by atoms with van der Waals surface area (Å²) >= 11 is 0. The molecule has 156 valence electrons. The van der Waals surface area contributed by atoms with Gasteiger partial charge in [0.05, 0.1) is 11.2 Å². The molecule has 0 spiro atoms. The molecule has 0 unspecified atom stereocenters. The van der Waals surface area contributed by atoms with Crippen LogP contribution in [-0.2, 0) is 14.0 Å². The minimum atomic E-state index is -0.498. The number of rotatable bonds is 5. The molecule has 0 aromatic carbocycles. The van der Waals surface area contributed by atoms with Gasteiger partial charge in [-0.05, 0) is 54.5 Å². The van der Waals surface area contributed by atoms with Crippen molar-refractivity contribution in [3.05, 3.63) is 18.3 Å². The van der Waals surface area contributed by atoms with Crippen molar-refractivity contribution in [2.24, 2.45) is 0 Å². The average molecular weight is 391 g/mol. The maximum atomic E-state index is 12.0. The summed E-state index contributed by atoms with van der Waals surface area (Å²) in [6.45, 7) is 14.9. The second kappa shape index (κ2) is 7.91. The summed E-state index contributed by atoms with van der Waals surface area (Å²) in [7, 11) is 3.26. The van der Waals surface area contributed by atoms with E-state index in [-0.39, 0.29) is 17.3 Å². The van der Waals surface area contributed by atoms with E-state index in [2.05, 4.69) is 4.98 Å². The number of aromatic nitrogens is 1. The van der Waals surface area contributed by atoms with Gasteiger partial charge in [-0.2, -0.15) is 0 Å².